The van der Waals surface area contributed by atoms with Gasteiger partial charge in [-0.05, 0) is 57.3 Å². The highest BCUT2D eigenvalue weighted by Crippen LogP contribution is 2.32. The fourth-order valence-corrected chi connectivity index (χ4v) is 3.84. The van der Waals surface area contributed by atoms with Crippen LogP contribution in [0.5, 0.6) is 0 Å². The smallest absolute Gasteiger partial charge is 0.293 e. The van der Waals surface area contributed by atoms with Gasteiger partial charge >= 0.3 is 0 Å². The van der Waals surface area contributed by atoms with E-state index in [9.17, 15) is 14.9 Å². The third kappa shape index (κ3) is 3.92. The maximum Gasteiger partial charge on any atom is 0.293 e. The summed E-state index contributed by atoms with van der Waals surface area (Å²) < 4.78 is 0. The normalized spacial score (nSPS) is 18.6. The van der Waals surface area contributed by atoms with Crippen molar-refractivity contribution in [3.63, 3.8) is 0 Å². The number of hydrogen-bond acceptors (Lipinski definition) is 5. The molecule has 0 radical (unpaired) electrons. The Labute approximate surface area is 148 Å². The van der Waals surface area contributed by atoms with Gasteiger partial charge in [-0.25, -0.2) is 0 Å². The molecule has 7 heteroatoms. The number of nitro benzene ring substituents is 1. The Bertz CT molecular complexity index is 635. The highest BCUT2D eigenvalue weighted by atomic mass is 16.6. The van der Waals surface area contributed by atoms with Crippen molar-refractivity contribution in [2.45, 2.75) is 25.7 Å². The number of carbonyl (C=O) groups is 1. The van der Waals surface area contributed by atoms with Gasteiger partial charge in [0.15, 0.2) is 0 Å². The van der Waals surface area contributed by atoms with Crippen LogP contribution in [0.25, 0.3) is 0 Å². The van der Waals surface area contributed by atoms with Crippen LogP contribution in [-0.2, 0) is 0 Å². The minimum absolute atomic E-state index is 0.0396. The van der Waals surface area contributed by atoms with Gasteiger partial charge in [0, 0.05) is 37.8 Å². The number of nitrogens with one attached hydrogen (secondary N) is 1. The van der Waals surface area contributed by atoms with E-state index in [1.54, 1.807) is 12.1 Å². The average molecular weight is 346 g/mol. The molecule has 0 aromatic heterocycles. The van der Waals surface area contributed by atoms with Gasteiger partial charge < -0.3 is 15.1 Å². The fourth-order valence-electron chi connectivity index (χ4n) is 3.84. The SMILES string of the molecule is CNCC1CCN(C(=O)c2ccc(N3CCCC3)c([N+](=O)[O-])c2)CC1. The number of rotatable bonds is 5. The molecule has 136 valence electrons. The van der Waals surface area contributed by atoms with Crippen LogP contribution in [-0.4, -0.2) is 55.5 Å². The number of likely N-dealkylation sites (tertiary alicyclic amines) is 1. The lowest BCUT2D eigenvalue weighted by Crippen LogP contribution is -2.40. The fraction of sp³-hybridized carbons (Fsp3) is 0.611. The zero-order chi connectivity index (χ0) is 17.8. The Balaban J connectivity index is 1.75. The van der Waals surface area contributed by atoms with Crippen molar-refractivity contribution in [1.82, 2.24) is 10.2 Å². The Kier molecular flexibility index (Phi) is 5.53. The van der Waals surface area contributed by atoms with Crippen molar-refractivity contribution >= 4 is 17.3 Å². The first-order chi connectivity index (χ1) is 12.1. The largest absolute Gasteiger partial charge is 0.366 e. The van der Waals surface area contributed by atoms with Crippen LogP contribution >= 0.6 is 0 Å². The first-order valence-corrected chi connectivity index (χ1v) is 9.07. The van der Waals surface area contributed by atoms with Crippen LogP contribution < -0.4 is 10.2 Å². The predicted molar refractivity (Wildman–Crippen MR) is 97.1 cm³/mol. The molecule has 1 amide bonds. The van der Waals surface area contributed by atoms with Gasteiger partial charge in [-0.2, -0.15) is 0 Å². The van der Waals surface area contributed by atoms with Gasteiger partial charge in [-0.1, -0.05) is 0 Å². The molecular weight excluding hydrogens is 320 g/mol. The predicted octanol–water partition coefficient (Wildman–Crippen LogP) is 2.27. The Morgan fingerprint density at radius 3 is 2.52 bits per heavy atom. The van der Waals surface area contributed by atoms with E-state index < -0.39 is 0 Å². The second kappa shape index (κ2) is 7.82. The summed E-state index contributed by atoms with van der Waals surface area (Å²) >= 11 is 0. The van der Waals surface area contributed by atoms with Crippen molar-refractivity contribution in [3.05, 3.63) is 33.9 Å². The van der Waals surface area contributed by atoms with E-state index in [4.69, 9.17) is 0 Å². The van der Waals surface area contributed by atoms with Gasteiger partial charge in [-0.15, -0.1) is 0 Å². The molecule has 2 fully saturated rings. The van der Waals surface area contributed by atoms with E-state index in [1.165, 1.54) is 6.07 Å². The van der Waals surface area contributed by atoms with Crippen LogP contribution in [0, 0.1) is 16.0 Å². The summed E-state index contributed by atoms with van der Waals surface area (Å²) in [4.78, 5) is 27.7. The maximum absolute atomic E-state index is 12.7. The quantitative estimate of drug-likeness (QED) is 0.653. The van der Waals surface area contributed by atoms with Crippen LogP contribution in [0.4, 0.5) is 11.4 Å². The molecular formula is C18H26N4O3. The molecule has 0 aliphatic carbocycles. The molecule has 0 spiro atoms. The topological polar surface area (TPSA) is 78.7 Å². The van der Waals surface area contributed by atoms with E-state index in [0.29, 0.717) is 30.3 Å². The molecule has 0 saturated carbocycles. The molecule has 3 rings (SSSR count). The lowest BCUT2D eigenvalue weighted by atomic mass is 9.96. The van der Waals surface area contributed by atoms with Crippen LogP contribution in [0.3, 0.4) is 0 Å². The summed E-state index contributed by atoms with van der Waals surface area (Å²) in [5.41, 5.74) is 1.09. The number of nitrogens with zero attached hydrogens (tertiary/aromatic N) is 3. The van der Waals surface area contributed by atoms with E-state index in [1.807, 2.05) is 16.8 Å². The zero-order valence-electron chi connectivity index (χ0n) is 14.7. The molecule has 1 N–H and O–H groups in total. The molecule has 0 bridgehead atoms. The van der Waals surface area contributed by atoms with Gasteiger partial charge in [-0.3, -0.25) is 14.9 Å². The van der Waals surface area contributed by atoms with Crippen LogP contribution in [0.1, 0.15) is 36.0 Å². The third-order valence-corrected chi connectivity index (χ3v) is 5.26. The Morgan fingerprint density at radius 2 is 1.92 bits per heavy atom. The molecule has 2 saturated heterocycles. The molecule has 2 aliphatic heterocycles. The highest BCUT2D eigenvalue weighted by molar-refractivity contribution is 5.96. The number of piperidine rings is 1. The highest BCUT2D eigenvalue weighted by Gasteiger charge is 2.27. The first-order valence-electron chi connectivity index (χ1n) is 9.07. The molecule has 2 heterocycles. The molecule has 2 aliphatic rings. The van der Waals surface area contributed by atoms with Crippen molar-refractivity contribution in [2.75, 3.05) is 44.7 Å². The summed E-state index contributed by atoms with van der Waals surface area (Å²) in [5, 5.41) is 14.7. The third-order valence-electron chi connectivity index (χ3n) is 5.26. The molecule has 1 aromatic carbocycles. The van der Waals surface area contributed by atoms with Gasteiger partial charge in [0.25, 0.3) is 11.6 Å². The second-order valence-electron chi connectivity index (χ2n) is 6.95. The number of anilines is 1. The molecule has 25 heavy (non-hydrogen) atoms. The minimum atomic E-state index is -0.371. The van der Waals surface area contributed by atoms with Crippen LogP contribution in [0.2, 0.25) is 0 Å². The molecule has 1 aromatic rings. The number of carbonyl (C=O) groups excluding carboxylic acids is 1. The van der Waals surface area contributed by atoms with Gasteiger partial charge in [0.05, 0.1) is 4.92 Å². The minimum Gasteiger partial charge on any atom is -0.366 e. The standard InChI is InChI=1S/C18H26N4O3/c1-19-13-14-6-10-21(11-7-14)18(23)15-4-5-16(17(12-15)22(24)25)20-8-2-3-9-20/h4-5,12,14,19H,2-3,6-11,13H2,1H3. The van der Waals surface area contributed by atoms with Crippen LogP contribution in [0.15, 0.2) is 18.2 Å². The van der Waals surface area contributed by atoms with Gasteiger partial charge in [0.2, 0.25) is 0 Å². The van der Waals surface area contributed by atoms with E-state index >= 15 is 0 Å². The van der Waals surface area contributed by atoms with Gasteiger partial charge in [0.1, 0.15) is 5.69 Å². The van der Waals surface area contributed by atoms with E-state index in [0.717, 1.165) is 45.3 Å². The van der Waals surface area contributed by atoms with Crippen molar-refractivity contribution in [3.8, 4) is 0 Å². The second-order valence-corrected chi connectivity index (χ2v) is 6.95. The summed E-state index contributed by atoms with van der Waals surface area (Å²) in [7, 11) is 1.94. The zero-order valence-corrected chi connectivity index (χ0v) is 14.7. The summed E-state index contributed by atoms with van der Waals surface area (Å²) in [6.07, 6.45) is 4.06. The van der Waals surface area contributed by atoms with E-state index in [2.05, 4.69) is 5.32 Å². The number of amides is 1. The lowest BCUT2D eigenvalue weighted by Gasteiger charge is -2.32. The summed E-state index contributed by atoms with van der Waals surface area (Å²) in [6, 6.07) is 4.93. The summed E-state index contributed by atoms with van der Waals surface area (Å²) in [5.74, 6) is 0.500. The lowest BCUT2D eigenvalue weighted by molar-refractivity contribution is -0.384. The first kappa shape index (κ1) is 17.7. The monoisotopic (exact) mass is 346 g/mol. The molecule has 0 unspecified atom stereocenters. The molecule has 7 nitrogen and oxygen atoms in total. The van der Waals surface area contributed by atoms with Crippen molar-refractivity contribution < 1.29 is 9.72 Å². The number of benzene rings is 1. The van der Waals surface area contributed by atoms with E-state index in [-0.39, 0.29) is 16.5 Å². The van der Waals surface area contributed by atoms with Crippen molar-refractivity contribution in [2.24, 2.45) is 5.92 Å². The Morgan fingerprint density at radius 1 is 1.24 bits per heavy atom. The Hall–Kier alpha value is -2.15. The number of hydrogen-bond donors (Lipinski definition) is 1. The average Bonchev–Trinajstić information content (AvgIpc) is 3.16. The summed E-state index contributed by atoms with van der Waals surface area (Å²) in [6.45, 7) is 4.08. The molecule has 0 atom stereocenters. The maximum atomic E-state index is 12.7. The number of nitro groups is 1. The van der Waals surface area contributed by atoms with Crippen molar-refractivity contribution in [1.29, 1.82) is 0 Å².